The maximum absolute atomic E-state index is 13.0. The summed E-state index contributed by atoms with van der Waals surface area (Å²) in [5, 5.41) is 6.08. The van der Waals surface area contributed by atoms with E-state index in [1.165, 1.54) is 39.9 Å². The van der Waals surface area contributed by atoms with Crippen LogP contribution in [0.3, 0.4) is 0 Å². The van der Waals surface area contributed by atoms with E-state index in [9.17, 15) is 18.0 Å². The maximum Gasteiger partial charge on any atom is 0.256 e. The van der Waals surface area contributed by atoms with Crippen LogP contribution in [-0.2, 0) is 27.6 Å². The molecule has 0 unspecified atom stereocenters. The number of aryl methyl sites for hydroxylation is 1. The molecule has 1 fully saturated rings. The summed E-state index contributed by atoms with van der Waals surface area (Å²) in [5.74, 6) is -0.587. The van der Waals surface area contributed by atoms with E-state index in [1.54, 1.807) is 7.05 Å². The first-order valence-electron chi connectivity index (χ1n) is 11.1. The third-order valence-corrected chi connectivity index (χ3v) is 9.05. The van der Waals surface area contributed by atoms with Gasteiger partial charge < -0.3 is 15.4 Å². The fraction of sp³-hybridized carbons (Fsp3) is 0.478. The van der Waals surface area contributed by atoms with Gasteiger partial charge >= 0.3 is 0 Å². The molecule has 0 spiro atoms. The van der Waals surface area contributed by atoms with Gasteiger partial charge in [-0.2, -0.15) is 4.31 Å². The van der Waals surface area contributed by atoms with Crippen LogP contribution < -0.4 is 10.6 Å². The highest BCUT2D eigenvalue weighted by molar-refractivity contribution is 7.89. The van der Waals surface area contributed by atoms with Gasteiger partial charge in [0.1, 0.15) is 5.00 Å². The summed E-state index contributed by atoms with van der Waals surface area (Å²) in [6.45, 7) is 4.28. The minimum Gasteiger partial charge on any atom is -0.373 e. The minimum atomic E-state index is -3.68. The first kappa shape index (κ1) is 23.9. The molecule has 2 heterocycles. The van der Waals surface area contributed by atoms with Crippen LogP contribution in [0, 0.1) is 0 Å². The number of sulfonamides is 1. The summed E-state index contributed by atoms with van der Waals surface area (Å²) in [6.07, 6.45) is 3.48. The summed E-state index contributed by atoms with van der Waals surface area (Å²) in [4.78, 5) is 26.7. The number of fused-ring (bicyclic) bond motifs is 1. The summed E-state index contributed by atoms with van der Waals surface area (Å²) in [6, 6.07) is 5.91. The van der Waals surface area contributed by atoms with E-state index in [4.69, 9.17) is 4.74 Å². The van der Waals surface area contributed by atoms with Crippen molar-refractivity contribution in [3.05, 3.63) is 45.8 Å². The molecule has 4 rings (SSSR count). The molecule has 2 aliphatic rings. The number of rotatable bonds is 5. The molecule has 1 aromatic heterocycles. The molecular formula is C23H29N3O5S2. The standard InChI is InChI=1S/C23H29N3O5S2/c1-14-12-26(13-15(2)31-14)33(29,30)17-10-8-16(9-11-17)21(27)25-23-20(22(28)24-3)18-6-4-5-7-19(18)32-23/h8-11,14-15H,4-7,12-13H2,1-3H3,(H,24,28)(H,25,27)/t14-,15-/m1/s1. The Kier molecular flexibility index (Phi) is 6.90. The zero-order valence-electron chi connectivity index (χ0n) is 19.0. The van der Waals surface area contributed by atoms with Crippen LogP contribution in [0.5, 0.6) is 0 Å². The lowest BCUT2D eigenvalue weighted by Gasteiger charge is -2.34. The number of amides is 2. The number of carbonyl (C=O) groups is 2. The molecule has 0 bridgehead atoms. The molecule has 33 heavy (non-hydrogen) atoms. The molecule has 1 saturated heterocycles. The number of nitrogens with one attached hydrogen (secondary N) is 2. The van der Waals surface area contributed by atoms with Gasteiger partial charge in [-0.3, -0.25) is 9.59 Å². The second-order valence-electron chi connectivity index (χ2n) is 8.55. The number of thiophene rings is 1. The Morgan fingerprint density at radius 2 is 1.67 bits per heavy atom. The second kappa shape index (κ2) is 9.54. The van der Waals surface area contributed by atoms with Crippen molar-refractivity contribution in [1.82, 2.24) is 9.62 Å². The SMILES string of the molecule is CNC(=O)c1c(NC(=O)c2ccc(S(=O)(=O)N3C[C@@H](C)O[C@H](C)C3)cc2)sc2c1CCCC2. The molecule has 1 aliphatic heterocycles. The predicted molar refractivity (Wildman–Crippen MR) is 128 cm³/mol. The lowest BCUT2D eigenvalue weighted by molar-refractivity contribution is -0.0440. The average molecular weight is 492 g/mol. The van der Waals surface area contributed by atoms with Gasteiger partial charge in [-0.25, -0.2) is 8.42 Å². The van der Waals surface area contributed by atoms with E-state index >= 15 is 0 Å². The Morgan fingerprint density at radius 1 is 1.03 bits per heavy atom. The highest BCUT2D eigenvalue weighted by atomic mass is 32.2. The average Bonchev–Trinajstić information content (AvgIpc) is 3.15. The normalized spacial score (nSPS) is 21.3. The van der Waals surface area contributed by atoms with Crippen molar-refractivity contribution in [1.29, 1.82) is 0 Å². The zero-order valence-corrected chi connectivity index (χ0v) is 20.6. The molecule has 1 aromatic carbocycles. The van der Waals surface area contributed by atoms with Crippen LogP contribution in [0.15, 0.2) is 29.2 Å². The van der Waals surface area contributed by atoms with Crippen LogP contribution in [0.1, 0.15) is 57.8 Å². The van der Waals surface area contributed by atoms with Gasteiger partial charge in [0.2, 0.25) is 10.0 Å². The number of benzene rings is 1. The van der Waals surface area contributed by atoms with Crippen molar-refractivity contribution in [2.75, 3.05) is 25.5 Å². The first-order chi connectivity index (χ1) is 15.7. The van der Waals surface area contributed by atoms with Gasteiger partial charge in [0.05, 0.1) is 22.7 Å². The van der Waals surface area contributed by atoms with Crippen molar-refractivity contribution in [2.45, 2.75) is 56.6 Å². The van der Waals surface area contributed by atoms with Crippen molar-refractivity contribution in [3.8, 4) is 0 Å². The molecule has 178 valence electrons. The molecular weight excluding hydrogens is 462 g/mol. The molecule has 2 aromatic rings. The molecule has 10 heteroatoms. The molecule has 0 radical (unpaired) electrons. The molecule has 2 amide bonds. The highest BCUT2D eigenvalue weighted by Crippen LogP contribution is 2.38. The van der Waals surface area contributed by atoms with E-state index in [1.807, 2.05) is 13.8 Å². The van der Waals surface area contributed by atoms with E-state index in [-0.39, 0.29) is 28.9 Å². The molecule has 1 aliphatic carbocycles. The summed E-state index contributed by atoms with van der Waals surface area (Å²) >= 11 is 1.45. The highest BCUT2D eigenvalue weighted by Gasteiger charge is 2.32. The number of anilines is 1. The topological polar surface area (TPSA) is 105 Å². The third kappa shape index (κ3) is 4.84. The summed E-state index contributed by atoms with van der Waals surface area (Å²) in [5.41, 5.74) is 1.89. The Morgan fingerprint density at radius 3 is 2.30 bits per heavy atom. The van der Waals surface area contributed by atoms with Crippen molar-refractivity contribution in [2.24, 2.45) is 0 Å². The monoisotopic (exact) mass is 491 g/mol. The minimum absolute atomic E-state index is 0.137. The fourth-order valence-corrected chi connectivity index (χ4v) is 7.32. The maximum atomic E-state index is 13.0. The zero-order chi connectivity index (χ0) is 23.8. The van der Waals surface area contributed by atoms with E-state index in [0.717, 1.165) is 36.1 Å². The number of carbonyl (C=O) groups excluding carboxylic acids is 2. The molecule has 2 N–H and O–H groups in total. The van der Waals surface area contributed by atoms with E-state index in [2.05, 4.69) is 10.6 Å². The number of ether oxygens (including phenoxy) is 1. The van der Waals surface area contributed by atoms with Crippen LogP contribution in [0.2, 0.25) is 0 Å². The van der Waals surface area contributed by atoms with E-state index in [0.29, 0.717) is 29.2 Å². The van der Waals surface area contributed by atoms with Gasteiger partial charge in [0.15, 0.2) is 0 Å². The van der Waals surface area contributed by atoms with Gasteiger partial charge in [0, 0.05) is 30.6 Å². The largest absolute Gasteiger partial charge is 0.373 e. The Hall–Kier alpha value is -2.27. The van der Waals surface area contributed by atoms with E-state index < -0.39 is 10.0 Å². The predicted octanol–water partition coefficient (Wildman–Crippen LogP) is 3.04. The fourth-order valence-electron chi connectivity index (χ4n) is 4.45. The van der Waals surface area contributed by atoms with Crippen molar-refractivity contribution >= 4 is 38.2 Å². The van der Waals surface area contributed by atoms with Crippen molar-refractivity contribution < 1.29 is 22.7 Å². The number of morpholine rings is 1. The second-order valence-corrected chi connectivity index (χ2v) is 11.6. The Bertz CT molecular complexity index is 1150. The quantitative estimate of drug-likeness (QED) is 0.669. The van der Waals surface area contributed by atoms with Crippen LogP contribution >= 0.6 is 11.3 Å². The van der Waals surface area contributed by atoms with Crippen LogP contribution in [-0.4, -0.2) is 56.9 Å². The van der Waals surface area contributed by atoms with Gasteiger partial charge in [0.25, 0.3) is 11.8 Å². The number of hydrogen-bond donors (Lipinski definition) is 2. The first-order valence-corrected chi connectivity index (χ1v) is 13.4. The van der Waals surface area contributed by atoms with Gasteiger partial charge in [-0.05, 0) is 69.4 Å². The lowest BCUT2D eigenvalue weighted by atomic mass is 9.95. The summed E-state index contributed by atoms with van der Waals surface area (Å²) < 4.78 is 33.1. The number of hydrogen-bond acceptors (Lipinski definition) is 6. The lowest BCUT2D eigenvalue weighted by Crippen LogP contribution is -2.48. The third-order valence-electron chi connectivity index (χ3n) is 5.99. The molecule has 2 atom stereocenters. The molecule has 8 nitrogen and oxygen atoms in total. The van der Waals surface area contributed by atoms with Gasteiger partial charge in [-0.1, -0.05) is 0 Å². The number of nitrogens with zero attached hydrogens (tertiary/aromatic N) is 1. The van der Waals surface area contributed by atoms with Crippen molar-refractivity contribution in [3.63, 3.8) is 0 Å². The van der Waals surface area contributed by atoms with Crippen LogP contribution in [0.4, 0.5) is 5.00 Å². The molecule has 0 saturated carbocycles. The Labute approximate surface area is 198 Å². The smallest absolute Gasteiger partial charge is 0.256 e. The Balaban J connectivity index is 1.54. The summed E-state index contributed by atoms with van der Waals surface area (Å²) in [7, 11) is -2.10. The van der Waals surface area contributed by atoms with Gasteiger partial charge in [-0.15, -0.1) is 11.3 Å². The van der Waals surface area contributed by atoms with Crippen LogP contribution in [0.25, 0.3) is 0 Å².